The predicted octanol–water partition coefficient (Wildman–Crippen LogP) is 2.57. The Bertz CT molecular complexity index is 834. The first kappa shape index (κ1) is 14.7. The van der Waals surface area contributed by atoms with Gasteiger partial charge in [0.2, 0.25) is 10.9 Å². The van der Waals surface area contributed by atoms with Gasteiger partial charge in [0.15, 0.2) is 0 Å². The highest BCUT2D eigenvalue weighted by molar-refractivity contribution is 7.16. The van der Waals surface area contributed by atoms with Crippen LogP contribution >= 0.6 is 11.3 Å². The van der Waals surface area contributed by atoms with Gasteiger partial charge in [-0.3, -0.25) is 4.79 Å². The van der Waals surface area contributed by atoms with E-state index in [4.69, 9.17) is 0 Å². The van der Waals surface area contributed by atoms with Gasteiger partial charge in [-0.1, -0.05) is 35.6 Å². The highest BCUT2D eigenvalue weighted by Crippen LogP contribution is 2.17. The third-order valence-electron chi connectivity index (χ3n) is 3.66. The van der Waals surface area contributed by atoms with Crippen LogP contribution in [0.15, 0.2) is 24.3 Å². The summed E-state index contributed by atoms with van der Waals surface area (Å²) in [5, 5.41) is 8.37. The van der Waals surface area contributed by atoms with Crippen LogP contribution in [0.2, 0.25) is 0 Å². The minimum Gasteiger partial charge on any atom is -0.350 e. The molecule has 0 aliphatic heterocycles. The fraction of sp³-hybridized carbons (Fsp3) is 0.312. The largest absolute Gasteiger partial charge is 0.350 e. The van der Waals surface area contributed by atoms with Gasteiger partial charge in [-0.2, -0.15) is 5.10 Å². The van der Waals surface area contributed by atoms with Crippen LogP contribution in [-0.2, 0) is 17.8 Å². The molecule has 1 amide bonds. The molecule has 0 unspecified atom stereocenters. The average molecular weight is 314 g/mol. The molecule has 2 aromatic heterocycles. The van der Waals surface area contributed by atoms with Gasteiger partial charge in [-0.05, 0) is 31.9 Å². The molecule has 3 rings (SSSR count). The number of hydrogen-bond acceptors (Lipinski definition) is 4. The lowest BCUT2D eigenvalue weighted by molar-refractivity contribution is -0.120. The van der Waals surface area contributed by atoms with E-state index in [0.717, 1.165) is 32.5 Å². The molecule has 6 heteroatoms. The van der Waals surface area contributed by atoms with Gasteiger partial charge in [0.05, 0.1) is 24.4 Å². The van der Waals surface area contributed by atoms with Crippen molar-refractivity contribution >= 4 is 22.2 Å². The Morgan fingerprint density at radius 2 is 2.05 bits per heavy atom. The van der Waals surface area contributed by atoms with E-state index >= 15 is 0 Å². The van der Waals surface area contributed by atoms with E-state index in [9.17, 15) is 4.79 Å². The van der Waals surface area contributed by atoms with E-state index in [1.807, 2.05) is 49.6 Å². The minimum atomic E-state index is 0.00982. The number of hydrogen-bond donors (Lipinski definition) is 1. The van der Waals surface area contributed by atoms with Crippen molar-refractivity contribution < 1.29 is 4.79 Å². The third kappa shape index (κ3) is 2.87. The van der Waals surface area contributed by atoms with Gasteiger partial charge >= 0.3 is 0 Å². The van der Waals surface area contributed by atoms with Crippen LogP contribution in [-0.4, -0.2) is 20.5 Å². The molecular weight excluding hydrogens is 296 g/mol. The average Bonchev–Trinajstić information content (AvgIpc) is 2.94. The van der Waals surface area contributed by atoms with E-state index in [2.05, 4.69) is 15.4 Å². The molecule has 0 bridgehead atoms. The predicted molar refractivity (Wildman–Crippen MR) is 87.1 cm³/mol. The minimum absolute atomic E-state index is 0.00982. The molecule has 2 heterocycles. The number of aryl methyl sites for hydroxylation is 3. The highest BCUT2D eigenvalue weighted by Gasteiger charge is 2.13. The first-order valence-corrected chi connectivity index (χ1v) is 7.99. The van der Waals surface area contributed by atoms with Gasteiger partial charge in [-0.25, -0.2) is 9.50 Å². The number of rotatable bonds is 4. The van der Waals surface area contributed by atoms with Crippen LogP contribution < -0.4 is 5.32 Å². The van der Waals surface area contributed by atoms with E-state index in [1.54, 1.807) is 11.3 Å². The second kappa shape index (κ2) is 5.88. The highest BCUT2D eigenvalue weighted by atomic mass is 32.1. The van der Waals surface area contributed by atoms with Gasteiger partial charge in [0, 0.05) is 0 Å². The molecule has 0 fully saturated rings. The lowest BCUT2D eigenvalue weighted by Crippen LogP contribution is -2.26. The van der Waals surface area contributed by atoms with Crippen molar-refractivity contribution in [3.8, 4) is 0 Å². The lowest BCUT2D eigenvalue weighted by Gasteiger charge is -2.07. The fourth-order valence-corrected chi connectivity index (χ4v) is 3.22. The monoisotopic (exact) mass is 314 g/mol. The zero-order valence-corrected chi connectivity index (χ0v) is 13.7. The number of carbonyl (C=O) groups excluding carboxylic acids is 1. The van der Waals surface area contributed by atoms with E-state index in [-0.39, 0.29) is 5.91 Å². The van der Waals surface area contributed by atoms with Gasteiger partial charge in [0.1, 0.15) is 5.01 Å². The zero-order valence-electron chi connectivity index (χ0n) is 12.9. The number of amides is 1. The molecule has 0 aliphatic rings. The Balaban J connectivity index is 1.70. The van der Waals surface area contributed by atoms with E-state index < -0.39 is 0 Å². The Morgan fingerprint density at radius 3 is 2.82 bits per heavy atom. The molecule has 114 valence electrons. The van der Waals surface area contributed by atoms with Crippen molar-refractivity contribution in [3.05, 3.63) is 51.8 Å². The summed E-state index contributed by atoms with van der Waals surface area (Å²) in [5.41, 5.74) is 4.04. The standard InChI is InChI=1S/C16H18N4OS/c1-10-6-4-5-7-13(10)8-15(21)17-9-14-11(2)18-16-20(14)19-12(3)22-16/h4-7H,8-9H2,1-3H3,(H,17,21). The topological polar surface area (TPSA) is 59.3 Å². The van der Waals surface area contributed by atoms with Crippen LogP contribution in [0, 0.1) is 20.8 Å². The number of imidazole rings is 1. The summed E-state index contributed by atoms with van der Waals surface area (Å²) in [5.74, 6) is 0.00982. The molecule has 1 N–H and O–H groups in total. The first-order valence-electron chi connectivity index (χ1n) is 7.17. The maximum absolute atomic E-state index is 12.2. The van der Waals surface area contributed by atoms with Crippen molar-refractivity contribution in [3.63, 3.8) is 0 Å². The molecule has 1 aromatic carbocycles. The summed E-state index contributed by atoms with van der Waals surface area (Å²) in [7, 11) is 0. The Morgan fingerprint density at radius 1 is 1.27 bits per heavy atom. The second-order valence-electron chi connectivity index (χ2n) is 5.34. The number of benzene rings is 1. The van der Waals surface area contributed by atoms with Crippen LogP contribution in [0.3, 0.4) is 0 Å². The van der Waals surface area contributed by atoms with Crippen LogP contribution in [0.25, 0.3) is 4.96 Å². The van der Waals surface area contributed by atoms with Crippen molar-refractivity contribution in [1.29, 1.82) is 0 Å². The Hall–Kier alpha value is -2.21. The molecule has 3 aromatic rings. The quantitative estimate of drug-likeness (QED) is 0.805. The summed E-state index contributed by atoms with van der Waals surface area (Å²) in [6.45, 7) is 6.36. The number of aromatic nitrogens is 3. The SMILES string of the molecule is Cc1nn2c(CNC(=O)Cc3ccccc3C)c(C)nc2s1. The maximum atomic E-state index is 12.2. The smallest absolute Gasteiger partial charge is 0.224 e. The summed E-state index contributed by atoms with van der Waals surface area (Å²) < 4.78 is 1.82. The third-order valence-corrected chi connectivity index (χ3v) is 4.49. The van der Waals surface area contributed by atoms with Crippen LogP contribution in [0.5, 0.6) is 0 Å². The van der Waals surface area contributed by atoms with Crippen molar-refractivity contribution in [2.75, 3.05) is 0 Å². The molecule has 22 heavy (non-hydrogen) atoms. The molecule has 0 aliphatic carbocycles. The summed E-state index contributed by atoms with van der Waals surface area (Å²) in [6.07, 6.45) is 0.393. The van der Waals surface area contributed by atoms with Crippen molar-refractivity contribution in [2.24, 2.45) is 0 Å². The molecule has 5 nitrogen and oxygen atoms in total. The van der Waals surface area contributed by atoms with Gasteiger partial charge in [0.25, 0.3) is 0 Å². The summed E-state index contributed by atoms with van der Waals surface area (Å²) in [4.78, 5) is 17.5. The Kier molecular flexibility index (Phi) is 3.94. The summed E-state index contributed by atoms with van der Waals surface area (Å²) >= 11 is 1.55. The van der Waals surface area contributed by atoms with E-state index in [1.165, 1.54) is 0 Å². The summed E-state index contributed by atoms with van der Waals surface area (Å²) in [6, 6.07) is 7.94. The Labute approximate surface area is 133 Å². The first-order chi connectivity index (χ1) is 10.5. The lowest BCUT2D eigenvalue weighted by atomic mass is 10.1. The number of nitrogens with zero attached hydrogens (tertiary/aromatic N) is 3. The zero-order chi connectivity index (χ0) is 15.7. The number of carbonyl (C=O) groups is 1. The maximum Gasteiger partial charge on any atom is 0.224 e. The van der Waals surface area contributed by atoms with Crippen LogP contribution in [0.1, 0.15) is 27.5 Å². The van der Waals surface area contributed by atoms with Gasteiger partial charge < -0.3 is 5.32 Å². The van der Waals surface area contributed by atoms with Crippen molar-refractivity contribution in [1.82, 2.24) is 19.9 Å². The molecule has 0 atom stereocenters. The molecular formula is C16H18N4OS. The number of fused-ring (bicyclic) bond motifs is 1. The molecule has 0 saturated carbocycles. The molecule has 0 radical (unpaired) electrons. The second-order valence-corrected chi connectivity index (χ2v) is 6.50. The molecule has 0 saturated heterocycles. The van der Waals surface area contributed by atoms with Crippen molar-refractivity contribution in [2.45, 2.75) is 33.7 Å². The van der Waals surface area contributed by atoms with E-state index in [0.29, 0.717) is 13.0 Å². The number of nitrogens with one attached hydrogen (secondary N) is 1. The normalized spacial score (nSPS) is 11.0. The fourth-order valence-electron chi connectivity index (χ4n) is 2.42. The van der Waals surface area contributed by atoms with Crippen LogP contribution in [0.4, 0.5) is 0 Å². The molecule has 0 spiro atoms. The van der Waals surface area contributed by atoms with Gasteiger partial charge in [-0.15, -0.1) is 0 Å².